The van der Waals surface area contributed by atoms with Crippen LogP contribution >= 0.6 is 0 Å². The Balaban J connectivity index is 1.46. The summed E-state index contributed by atoms with van der Waals surface area (Å²) in [4.78, 5) is 26.8. The summed E-state index contributed by atoms with van der Waals surface area (Å²) in [6, 6.07) is 6.97. The van der Waals surface area contributed by atoms with Gasteiger partial charge in [-0.15, -0.1) is 5.10 Å². The van der Waals surface area contributed by atoms with E-state index < -0.39 is 0 Å². The Morgan fingerprint density at radius 2 is 2.00 bits per heavy atom. The van der Waals surface area contributed by atoms with E-state index in [2.05, 4.69) is 34.4 Å². The van der Waals surface area contributed by atoms with Gasteiger partial charge in [-0.05, 0) is 32.4 Å². The molecule has 0 radical (unpaired) electrons. The lowest BCUT2D eigenvalue weighted by molar-refractivity contribution is -0.122. The fraction of sp³-hybridized carbons (Fsp3) is 0.556. The molecular weight excluding hydrogens is 334 g/mol. The molecule has 8 heteroatoms. The van der Waals surface area contributed by atoms with Crippen molar-refractivity contribution in [2.75, 3.05) is 26.2 Å². The van der Waals surface area contributed by atoms with Crippen molar-refractivity contribution in [1.82, 2.24) is 25.2 Å². The molecule has 0 spiro atoms. The van der Waals surface area contributed by atoms with Crippen LogP contribution in [0.5, 0.6) is 0 Å². The molecule has 0 aliphatic carbocycles. The first-order valence-electron chi connectivity index (χ1n) is 9.00. The molecule has 1 aliphatic rings. The SMILES string of the molecule is CC1CN(CCCNC(=O)Cn2nnc3ccccc3c2=O)CC(C)O1. The summed E-state index contributed by atoms with van der Waals surface area (Å²) in [6.45, 7) is 7.34. The molecule has 8 nitrogen and oxygen atoms in total. The van der Waals surface area contributed by atoms with Gasteiger partial charge in [-0.3, -0.25) is 14.5 Å². The Kier molecular flexibility index (Phi) is 5.95. The van der Waals surface area contributed by atoms with Crippen LogP contribution in [0.1, 0.15) is 20.3 Å². The monoisotopic (exact) mass is 359 g/mol. The van der Waals surface area contributed by atoms with Crippen molar-refractivity contribution < 1.29 is 9.53 Å². The Bertz CT molecular complexity index is 812. The topological polar surface area (TPSA) is 89.4 Å². The maximum Gasteiger partial charge on any atom is 0.278 e. The van der Waals surface area contributed by atoms with E-state index in [1.807, 2.05) is 0 Å². The van der Waals surface area contributed by atoms with Crippen molar-refractivity contribution in [2.24, 2.45) is 0 Å². The number of fused-ring (bicyclic) bond motifs is 1. The zero-order valence-corrected chi connectivity index (χ0v) is 15.2. The standard InChI is InChI=1S/C18H25N5O3/c1-13-10-22(11-14(2)26-13)9-5-8-19-17(24)12-23-18(25)15-6-3-4-7-16(15)20-21-23/h3-4,6-7,13-14H,5,8-12H2,1-2H3,(H,19,24). The van der Waals surface area contributed by atoms with Gasteiger partial charge in [0.2, 0.25) is 5.91 Å². The maximum absolute atomic E-state index is 12.3. The third-order valence-corrected chi connectivity index (χ3v) is 4.39. The van der Waals surface area contributed by atoms with E-state index in [0.717, 1.165) is 30.7 Å². The molecule has 26 heavy (non-hydrogen) atoms. The number of rotatable bonds is 6. The number of carbonyl (C=O) groups is 1. The smallest absolute Gasteiger partial charge is 0.278 e. The highest BCUT2D eigenvalue weighted by Gasteiger charge is 2.21. The molecule has 1 fully saturated rings. The zero-order chi connectivity index (χ0) is 18.5. The highest BCUT2D eigenvalue weighted by atomic mass is 16.5. The van der Waals surface area contributed by atoms with Crippen LogP contribution in [-0.4, -0.2) is 64.2 Å². The second-order valence-electron chi connectivity index (χ2n) is 6.79. The second-order valence-corrected chi connectivity index (χ2v) is 6.79. The van der Waals surface area contributed by atoms with Crippen LogP contribution in [0.3, 0.4) is 0 Å². The lowest BCUT2D eigenvalue weighted by Crippen LogP contribution is -2.46. The highest BCUT2D eigenvalue weighted by Crippen LogP contribution is 2.10. The van der Waals surface area contributed by atoms with E-state index in [1.54, 1.807) is 24.3 Å². The molecule has 0 bridgehead atoms. The summed E-state index contributed by atoms with van der Waals surface area (Å²) in [5.41, 5.74) is 0.227. The van der Waals surface area contributed by atoms with E-state index in [9.17, 15) is 9.59 Å². The Morgan fingerprint density at radius 3 is 2.77 bits per heavy atom. The fourth-order valence-corrected chi connectivity index (χ4v) is 3.32. The van der Waals surface area contributed by atoms with Crippen molar-refractivity contribution in [3.8, 4) is 0 Å². The minimum Gasteiger partial charge on any atom is -0.373 e. The number of nitrogens with zero attached hydrogens (tertiary/aromatic N) is 4. The Hall–Kier alpha value is -2.32. The zero-order valence-electron chi connectivity index (χ0n) is 15.2. The van der Waals surface area contributed by atoms with Crippen molar-refractivity contribution in [2.45, 2.75) is 39.0 Å². The molecule has 1 N–H and O–H groups in total. The molecule has 1 amide bonds. The molecule has 1 aromatic heterocycles. The van der Waals surface area contributed by atoms with Gasteiger partial charge in [-0.1, -0.05) is 17.3 Å². The first kappa shape index (κ1) is 18.5. The normalized spacial score (nSPS) is 21.0. The number of hydrogen-bond donors (Lipinski definition) is 1. The molecule has 1 aromatic carbocycles. The van der Waals surface area contributed by atoms with Crippen LogP contribution in [0.4, 0.5) is 0 Å². The van der Waals surface area contributed by atoms with Gasteiger partial charge in [0, 0.05) is 26.2 Å². The number of hydrogen-bond acceptors (Lipinski definition) is 6. The number of aromatic nitrogens is 3. The van der Waals surface area contributed by atoms with Crippen LogP contribution < -0.4 is 10.9 Å². The van der Waals surface area contributed by atoms with Gasteiger partial charge in [-0.2, -0.15) is 0 Å². The summed E-state index contributed by atoms with van der Waals surface area (Å²) in [6.07, 6.45) is 1.34. The van der Waals surface area contributed by atoms with E-state index >= 15 is 0 Å². The molecule has 3 rings (SSSR count). The van der Waals surface area contributed by atoms with E-state index in [1.165, 1.54) is 0 Å². The molecule has 2 atom stereocenters. The molecular formula is C18H25N5O3. The van der Waals surface area contributed by atoms with Gasteiger partial charge < -0.3 is 10.1 Å². The highest BCUT2D eigenvalue weighted by molar-refractivity contribution is 5.78. The largest absolute Gasteiger partial charge is 0.373 e. The Morgan fingerprint density at radius 1 is 1.27 bits per heavy atom. The Labute approximate surface area is 152 Å². The first-order chi connectivity index (χ1) is 12.5. The number of morpholine rings is 1. The average Bonchev–Trinajstić information content (AvgIpc) is 2.61. The second kappa shape index (κ2) is 8.37. The fourth-order valence-electron chi connectivity index (χ4n) is 3.32. The third kappa shape index (κ3) is 4.64. The average molecular weight is 359 g/mol. The number of ether oxygens (including phenoxy) is 1. The number of nitrogens with one attached hydrogen (secondary N) is 1. The molecule has 2 aromatic rings. The van der Waals surface area contributed by atoms with Crippen LogP contribution in [0.15, 0.2) is 29.1 Å². The molecule has 0 saturated carbocycles. The molecule has 1 aliphatic heterocycles. The van der Waals surface area contributed by atoms with Crippen LogP contribution in [0.2, 0.25) is 0 Å². The minimum atomic E-state index is -0.304. The van der Waals surface area contributed by atoms with Crippen molar-refractivity contribution in [1.29, 1.82) is 0 Å². The van der Waals surface area contributed by atoms with Gasteiger partial charge in [0.05, 0.1) is 17.6 Å². The maximum atomic E-state index is 12.3. The van der Waals surface area contributed by atoms with Gasteiger partial charge in [0.1, 0.15) is 12.1 Å². The summed E-state index contributed by atoms with van der Waals surface area (Å²) >= 11 is 0. The lowest BCUT2D eigenvalue weighted by Gasteiger charge is -2.35. The van der Waals surface area contributed by atoms with Gasteiger partial charge in [0.15, 0.2) is 0 Å². The van der Waals surface area contributed by atoms with Gasteiger partial charge in [-0.25, -0.2) is 4.68 Å². The quantitative estimate of drug-likeness (QED) is 0.752. The van der Waals surface area contributed by atoms with Crippen LogP contribution in [-0.2, 0) is 16.1 Å². The number of benzene rings is 1. The van der Waals surface area contributed by atoms with Crippen molar-refractivity contribution in [3.63, 3.8) is 0 Å². The summed E-state index contributed by atoms with van der Waals surface area (Å²) in [7, 11) is 0. The molecule has 140 valence electrons. The first-order valence-corrected chi connectivity index (χ1v) is 9.00. The summed E-state index contributed by atoms with van der Waals surface area (Å²) in [5.74, 6) is -0.236. The minimum absolute atomic E-state index is 0.123. The van der Waals surface area contributed by atoms with Gasteiger partial charge in [0.25, 0.3) is 5.56 Å². The van der Waals surface area contributed by atoms with Crippen LogP contribution in [0, 0.1) is 0 Å². The van der Waals surface area contributed by atoms with E-state index in [-0.39, 0.29) is 30.2 Å². The summed E-state index contributed by atoms with van der Waals surface area (Å²) in [5, 5.41) is 11.1. The van der Waals surface area contributed by atoms with E-state index in [0.29, 0.717) is 17.4 Å². The molecule has 2 unspecified atom stereocenters. The predicted molar refractivity (Wildman–Crippen MR) is 97.9 cm³/mol. The van der Waals surface area contributed by atoms with Crippen LogP contribution in [0.25, 0.3) is 10.9 Å². The van der Waals surface area contributed by atoms with Crippen molar-refractivity contribution >= 4 is 16.8 Å². The van der Waals surface area contributed by atoms with Crippen molar-refractivity contribution in [3.05, 3.63) is 34.6 Å². The number of amides is 1. The van der Waals surface area contributed by atoms with E-state index in [4.69, 9.17) is 4.74 Å². The molecule has 2 heterocycles. The lowest BCUT2D eigenvalue weighted by atomic mass is 10.2. The number of carbonyl (C=O) groups excluding carboxylic acids is 1. The molecule has 1 saturated heterocycles. The predicted octanol–water partition coefficient (Wildman–Crippen LogP) is 0.407. The van der Waals surface area contributed by atoms with Gasteiger partial charge >= 0.3 is 0 Å². The third-order valence-electron chi connectivity index (χ3n) is 4.39. The summed E-state index contributed by atoms with van der Waals surface area (Å²) < 4.78 is 6.81.